The highest BCUT2D eigenvalue weighted by molar-refractivity contribution is 5.95. The number of halogens is 1. The number of nitrogens with one attached hydrogen (secondary N) is 1. The van der Waals surface area contributed by atoms with Gasteiger partial charge in [-0.2, -0.15) is 0 Å². The molecule has 30 heavy (non-hydrogen) atoms. The van der Waals surface area contributed by atoms with E-state index in [-0.39, 0.29) is 30.5 Å². The van der Waals surface area contributed by atoms with Gasteiger partial charge in [0.1, 0.15) is 18.2 Å². The SMILES string of the molecule is COCCOc1ccc([C@@H](O)CNC(=O)CCCCC(=O)c2ccc(F)cc2)cc1. The van der Waals surface area contributed by atoms with Gasteiger partial charge in [0.05, 0.1) is 12.7 Å². The molecule has 0 unspecified atom stereocenters. The van der Waals surface area contributed by atoms with Crippen LogP contribution in [-0.4, -0.2) is 43.7 Å². The van der Waals surface area contributed by atoms with E-state index in [1.807, 2.05) is 0 Å². The zero-order valence-corrected chi connectivity index (χ0v) is 17.1. The molecule has 7 heteroatoms. The maximum atomic E-state index is 12.9. The molecule has 0 aliphatic rings. The van der Waals surface area contributed by atoms with Crippen LogP contribution in [0.15, 0.2) is 48.5 Å². The minimum Gasteiger partial charge on any atom is -0.491 e. The van der Waals surface area contributed by atoms with Crippen LogP contribution in [-0.2, 0) is 9.53 Å². The van der Waals surface area contributed by atoms with Crippen molar-refractivity contribution in [2.45, 2.75) is 31.8 Å². The van der Waals surface area contributed by atoms with E-state index in [2.05, 4.69) is 5.32 Å². The standard InChI is InChI=1S/C23H28FNO5/c1-29-14-15-30-20-12-8-18(9-13-20)22(27)16-25-23(28)5-3-2-4-21(26)17-6-10-19(24)11-7-17/h6-13,22,27H,2-5,14-16H2,1H3,(H,25,28)/t22-/m0/s1. The van der Waals surface area contributed by atoms with E-state index < -0.39 is 6.10 Å². The van der Waals surface area contributed by atoms with Crippen molar-refractivity contribution in [2.75, 3.05) is 26.9 Å². The summed E-state index contributed by atoms with van der Waals surface area (Å²) in [4.78, 5) is 24.0. The van der Waals surface area contributed by atoms with Crippen LogP contribution in [0.1, 0.15) is 47.7 Å². The monoisotopic (exact) mass is 417 g/mol. The molecule has 0 heterocycles. The van der Waals surface area contributed by atoms with Crippen LogP contribution in [0, 0.1) is 5.82 Å². The Morgan fingerprint density at radius 3 is 2.33 bits per heavy atom. The zero-order chi connectivity index (χ0) is 21.8. The topological polar surface area (TPSA) is 84.9 Å². The van der Waals surface area contributed by atoms with Gasteiger partial charge in [0.15, 0.2) is 5.78 Å². The first-order valence-electron chi connectivity index (χ1n) is 9.95. The molecule has 0 fully saturated rings. The molecular weight excluding hydrogens is 389 g/mol. The van der Waals surface area contributed by atoms with Crippen molar-refractivity contribution in [3.8, 4) is 5.75 Å². The highest BCUT2D eigenvalue weighted by Crippen LogP contribution is 2.17. The van der Waals surface area contributed by atoms with E-state index in [4.69, 9.17) is 9.47 Å². The zero-order valence-electron chi connectivity index (χ0n) is 17.1. The Balaban J connectivity index is 1.63. The largest absolute Gasteiger partial charge is 0.491 e. The smallest absolute Gasteiger partial charge is 0.220 e. The second kappa shape index (κ2) is 12.7. The molecule has 162 valence electrons. The lowest BCUT2D eigenvalue weighted by Gasteiger charge is -2.13. The third-order valence-corrected chi connectivity index (χ3v) is 4.54. The maximum Gasteiger partial charge on any atom is 0.220 e. The number of aliphatic hydroxyl groups excluding tert-OH is 1. The van der Waals surface area contributed by atoms with Crippen LogP contribution in [0.25, 0.3) is 0 Å². The molecule has 0 aliphatic heterocycles. The number of hydrogen-bond donors (Lipinski definition) is 2. The van der Waals surface area contributed by atoms with Crippen LogP contribution >= 0.6 is 0 Å². The van der Waals surface area contributed by atoms with Gasteiger partial charge in [0, 0.05) is 32.1 Å². The average Bonchev–Trinajstić information content (AvgIpc) is 2.76. The molecule has 1 amide bonds. The van der Waals surface area contributed by atoms with E-state index in [9.17, 15) is 19.1 Å². The summed E-state index contributed by atoms with van der Waals surface area (Å²) in [6.07, 6.45) is 0.886. The second-order valence-corrected chi connectivity index (χ2v) is 6.87. The quantitative estimate of drug-likeness (QED) is 0.385. The fourth-order valence-corrected chi connectivity index (χ4v) is 2.80. The summed E-state index contributed by atoms with van der Waals surface area (Å²) in [5.74, 6) is 0.0576. The summed E-state index contributed by atoms with van der Waals surface area (Å²) in [7, 11) is 1.60. The minimum atomic E-state index is -0.818. The molecule has 1 atom stereocenters. The first-order chi connectivity index (χ1) is 14.5. The van der Waals surface area contributed by atoms with Crippen LogP contribution in [0.5, 0.6) is 5.75 Å². The van der Waals surface area contributed by atoms with Crippen molar-refractivity contribution in [1.82, 2.24) is 5.32 Å². The molecule has 2 rings (SSSR count). The Morgan fingerprint density at radius 1 is 1.00 bits per heavy atom. The van der Waals surface area contributed by atoms with Crippen molar-refractivity contribution in [3.05, 3.63) is 65.5 Å². The molecule has 0 saturated carbocycles. The molecule has 0 radical (unpaired) electrons. The normalized spacial score (nSPS) is 11.7. The van der Waals surface area contributed by atoms with Gasteiger partial charge in [-0.25, -0.2) is 4.39 Å². The number of ketones is 1. The summed E-state index contributed by atoms with van der Waals surface area (Å²) in [6.45, 7) is 1.05. The number of amides is 1. The number of benzene rings is 2. The predicted molar refractivity (Wildman–Crippen MR) is 111 cm³/mol. The Kier molecular flexibility index (Phi) is 9.97. The van der Waals surface area contributed by atoms with Gasteiger partial charge in [-0.1, -0.05) is 12.1 Å². The van der Waals surface area contributed by atoms with Crippen LogP contribution < -0.4 is 10.1 Å². The first kappa shape index (κ1) is 23.5. The number of unbranched alkanes of at least 4 members (excludes halogenated alkanes) is 1. The highest BCUT2D eigenvalue weighted by atomic mass is 19.1. The van der Waals surface area contributed by atoms with Gasteiger partial charge in [-0.15, -0.1) is 0 Å². The van der Waals surface area contributed by atoms with Gasteiger partial charge < -0.3 is 19.9 Å². The lowest BCUT2D eigenvalue weighted by molar-refractivity contribution is -0.121. The van der Waals surface area contributed by atoms with Crippen LogP contribution in [0.3, 0.4) is 0 Å². The molecule has 0 saturated heterocycles. The van der Waals surface area contributed by atoms with Crippen molar-refractivity contribution >= 4 is 11.7 Å². The highest BCUT2D eigenvalue weighted by Gasteiger charge is 2.11. The fraction of sp³-hybridized carbons (Fsp3) is 0.391. The Bertz CT molecular complexity index is 792. The van der Waals surface area contributed by atoms with Crippen molar-refractivity contribution < 1.29 is 28.6 Å². The Morgan fingerprint density at radius 2 is 1.67 bits per heavy atom. The van der Waals surface area contributed by atoms with E-state index in [1.165, 1.54) is 24.3 Å². The van der Waals surface area contributed by atoms with Gasteiger partial charge >= 0.3 is 0 Å². The summed E-state index contributed by atoms with van der Waals surface area (Å²) >= 11 is 0. The summed E-state index contributed by atoms with van der Waals surface area (Å²) in [5, 5.41) is 12.9. The fourth-order valence-electron chi connectivity index (χ4n) is 2.80. The number of methoxy groups -OCH3 is 1. The molecule has 6 nitrogen and oxygen atoms in total. The summed E-state index contributed by atoms with van der Waals surface area (Å²) in [5.41, 5.74) is 1.15. The minimum absolute atomic E-state index is 0.0690. The maximum absolute atomic E-state index is 12.9. The van der Waals surface area contributed by atoms with E-state index in [0.29, 0.717) is 49.4 Å². The molecule has 2 aromatic rings. The van der Waals surface area contributed by atoms with Crippen LogP contribution in [0.2, 0.25) is 0 Å². The predicted octanol–water partition coefficient (Wildman–Crippen LogP) is 3.44. The number of carbonyl (C=O) groups excluding carboxylic acids is 2. The summed E-state index contributed by atoms with van der Waals surface area (Å²) in [6, 6.07) is 12.5. The van der Waals surface area contributed by atoms with Gasteiger partial charge in [-0.05, 0) is 54.8 Å². The van der Waals surface area contributed by atoms with Gasteiger partial charge in [-0.3, -0.25) is 9.59 Å². The van der Waals surface area contributed by atoms with E-state index in [0.717, 1.165) is 0 Å². The third kappa shape index (κ3) is 8.31. The molecule has 0 spiro atoms. The molecule has 0 aromatic heterocycles. The molecule has 2 N–H and O–H groups in total. The molecular formula is C23H28FNO5. The number of Topliss-reactive ketones (excluding diaryl/α,β-unsaturated/α-hetero) is 1. The van der Waals surface area contributed by atoms with Crippen molar-refractivity contribution in [1.29, 1.82) is 0 Å². The van der Waals surface area contributed by atoms with E-state index >= 15 is 0 Å². The Hall–Kier alpha value is -2.77. The number of hydrogen-bond acceptors (Lipinski definition) is 5. The molecule has 0 aliphatic carbocycles. The number of rotatable bonds is 13. The van der Waals surface area contributed by atoms with Crippen molar-refractivity contribution in [2.24, 2.45) is 0 Å². The summed E-state index contributed by atoms with van der Waals surface area (Å²) < 4.78 is 23.3. The second-order valence-electron chi connectivity index (χ2n) is 6.87. The molecule has 2 aromatic carbocycles. The van der Waals surface area contributed by atoms with Crippen molar-refractivity contribution in [3.63, 3.8) is 0 Å². The number of carbonyl (C=O) groups is 2. The number of aliphatic hydroxyl groups is 1. The van der Waals surface area contributed by atoms with Gasteiger partial charge in [0.25, 0.3) is 0 Å². The van der Waals surface area contributed by atoms with Crippen LogP contribution in [0.4, 0.5) is 4.39 Å². The average molecular weight is 417 g/mol. The lowest BCUT2D eigenvalue weighted by atomic mass is 10.0. The number of ether oxygens (including phenoxy) is 2. The molecule has 0 bridgehead atoms. The first-order valence-corrected chi connectivity index (χ1v) is 9.95. The van der Waals surface area contributed by atoms with E-state index in [1.54, 1.807) is 31.4 Å². The van der Waals surface area contributed by atoms with Gasteiger partial charge in [0.2, 0.25) is 5.91 Å². The lowest BCUT2D eigenvalue weighted by Crippen LogP contribution is -2.28. The Labute approximate surface area is 176 Å². The third-order valence-electron chi connectivity index (χ3n) is 4.54.